The van der Waals surface area contributed by atoms with Crippen LogP contribution in [-0.4, -0.2) is 15.8 Å². The van der Waals surface area contributed by atoms with Gasteiger partial charge in [0.1, 0.15) is 0 Å². The van der Waals surface area contributed by atoms with Crippen molar-refractivity contribution in [3.8, 4) is 55.9 Å². The lowest BCUT2D eigenvalue weighted by Gasteiger charge is -2.46. The zero-order chi connectivity index (χ0) is 107. The summed E-state index contributed by atoms with van der Waals surface area (Å²) in [6.45, 7) is 68.4. The molecule has 0 bridgehead atoms. The van der Waals surface area contributed by atoms with Gasteiger partial charge < -0.3 is 18.9 Å². The van der Waals surface area contributed by atoms with Gasteiger partial charge >= 0.3 is 0 Å². The summed E-state index contributed by atoms with van der Waals surface area (Å²) in [5, 5.41) is 3.08. The molecule has 4 heterocycles. The minimum absolute atomic E-state index is 0.349. The molecule has 15 aromatic rings. The molecule has 2 aromatic heterocycles. The molecule has 0 radical (unpaired) electrons. The zero-order valence-electron chi connectivity index (χ0n) is 98.0. The zero-order valence-corrected chi connectivity index (χ0v) is 86.0. The van der Waals surface area contributed by atoms with Gasteiger partial charge in [-0.25, -0.2) is 0 Å². The molecule has 0 aliphatic carbocycles. The Hall–Kier alpha value is -10.9. The average molecular weight is 1770 g/mol. The lowest BCUT2D eigenvalue weighted by molar-refractivity contribution is 0.411. The number of nitrogens with zero attached hydrogens (tertiary/aromatic N) is 4. The van der Waals surface area contributed by atoms with Crippen LogP contribution in [0.25, 0.3) is 99.5 Å². The lowest BCUT2D eigenvalue weighted by Crippen LogP contribution is -2.61. The molecule has 0 unspecified atom stereocenters. The number of hydrogen-bond acceptors (Lipinski definition) is 2. The highest BCUT2D eigenvalue weighted by atomic mass is 15.2. The number of benzene rings is 13. The van der Waals surface area contributed by atoms with Crippen LogP contribution in [0.1, 0.15) is 306 Å². The fourth-order valence-electron chi connectivity index (χ4n) is 20.1. The highest BCUT2D eigenvalue weighted by molar-refractivity contribution is 7.00. The summed E-state index contributed by atoms with van der Waals surface area (Å²) < 4.78 is 127. The van der Waals surface area contributed by atoms with Crippen molar-refractivity contribution in [2.45, 2.75) is 294 Å². The van der Waals surface area contributed by atoms with Gasteiger partial charge in [0.05, 0.1) is 33.4 Å². The molecule has 0 atom stereocenters. The van der Waals surface area contributed by atoms with Gasteiger partial charge in [0.15, 0.2) is 0 Å². The van der Waals surface area contributed by atoms with E-state index in [-0.39, 0.29) is 21.7 Å². The first-order valence-electron chi connectivity index (χ1n) is 54.5. The van der Waals surface area contributed by atoms with Crippen molar-refractivity contribution in [1.29, 1.82) is 0 Å². The van der Waals surface area contributed by atoms with Gasteiger partial charge in [0, 0.05) is 94.4 Å². The molecule has 0 saturated heterocycles. The quantitative estimate of drug-likeness (QED) is 0.101. The number of hydrogen-bond donors (Lipinski definition) is 0. The maximum atomic E-state index is 10.7. The van der Waals surface area contributed by atoms with Crippen molar-refractivity contribution in [2.24, 2.45) is 32.5 Å². The van der Waals surface area contributed by atoms with E-state index in [1.165, 1.54) is 0 Å². The van der Waals surface area contributed by atoms with Crippen molar-refractivity contribution in [3.05, 3.63) is 304 Å². The van der Waals surface area contributed by atoms with Gasteiger partial charge in [0.2, 0.25) is 0 Å². The summed E-state index contributed by atoms with van der Waals surface area (Å²) in [4.78, 5) is 5.09. The number of anilines is 6. The summed E-state index contributed by atoms with van der Waals surface area (Å²) in [5.74, 6) is 0. The van der Waals surface area contributed by atoms with Crippen molar-refractivity contribution in [1.82, 2.24) is 9.13 Å². The second kappa shape index (κ2) is 33.0. The smallest absolute Gasteiger partial charge is 0.252 e. The van der Waals surface area contributed by atoms with Gasteiger partial charge in [-0.05, 0) is 307 Å². The van der Waals surface area contributed by atoms with E-state index in [0.29, 0.717) is 33.4 Å². The molecular weight excluding hydrogens is 1600 g/mol. The van der Waals surface area contributed by atoms with E-state index in [0.717, 1.165) is 178 Å². The predicted molar refractivity (Wildman–Crippen MR) is 583 cm³/mol. The second-order valence-electron chi connectivity index (χ2n) is 49.8. The maximum Gasteiger partial charge on any atom is 0.252 e. The SMILES string of the molecule is [2H]C([2H])(c1cc(-c2cccc(C(C)(C)C)c2)c(N2c3cc(-n4c5ccc(C([2H])([2H])C(C)(C)C)cc5c5cc(C([2H])([2H])C(C)(C)C)ccc54)ccc3B3c4ccc(-n5c6ccc(C([2H])([2H])C(C)(C)C)cc6c6cc(C([2H])([2H])C(C)(C)C)ccc65)cc4N(c4c(-c5cccc(C(C)(C)C)c5)cc(C([2H])([2H])C(C)(C)C)cc4-c4cccc(C(C)(C)C)c4)c4cc(C(C)(C)C)cc2c43)c(-c2cccc(C(C)(C)C)c2)c1)C(C)(C)C. The van der Waals surface area contributed by atoms with Crippen LogP contribution in [0.15, 0.2) is 243 Å². The summed E-state index contributed by atoms with van der Waals surface area (Å²) >= 11 is 0. The molecule has 0 N–H and O–H groups in total. The highest BCUT2D eigenvalue weighted by Gasteiger charge is 2.47. The number of rotatable bonds is 14. The monoisotopic (exact) mass is 1770 g/mol. The van der Waals surface area contributed by atoms with E-state index in [4.69, 9.17) is 0 Å². The van der Waals surface area contributed by atoms with Crippen LogP contribution < -0.4 is 26.2 Å². The van der Waals surface area contributed by atoms with E-state index in [1.54, 1.807) is 0 Å². The van der Waals surface area contributed by atoms with Gasteiger partial charge in [-0.1, -0.05) is 362 Å². The minimum atomic E-state index is -1.94. The Bertz CT molecular complexity index is 6960. The molecule has 686 valence electrons. The highest BCUT2D eigenvalue weighted by Crippen LogP contribution is 2.57. The van der Waals surface area contributed by atoms with Crippen LogP contribution >= 0.6 is 0 Å². The molecule has 2 aliphatic rings. The number of fused-ring (bicyclic) bond motifs is 10. The third-order valence-corrected chi connectivity index (χ3v) is 25.9. The fraction of sp³-hybridized carbons (Fsp3) is 0.391. The van der Waals surface area contributed by atoms with Gasteiger partial charge in [-0.3, -0.25) is 0 Å². The third kappa shape index (κ3) is 19.2. The Morgan fingerprint density at radius 2 is 0.466 bits per heavy atom. The van der Waals surface area contributed by atoms with E-state index in [2.05, 4.69) is 317 Å². The first-order chi connectivity index (χ1) is 66.4. The van der Waals surface area contributed by atoms with Crippen LogP contribution in [0.2, 0.25) is 0 Å². The van der Waals surface area contributed by atoms with Crippen LogP contribution in [0.3, 0.4) is 0 Å². The molecule has 0 amide bonds. The molecule has 0 spiro atoms. The van der Waals surface area contributed by atoms with Crippen LogP contribution in [0, 0.1) is 32.5 Å². The van der Waals surface area contributed by atoms with E-state index >= 15 is 0 Å². The van der Waals surface area contributed by atoms with Crippen LogP contribution in [-0.2, 0) is 65.3 Å². The van der Waals surface area contributed by atoms with E-state index in [1.807, 2.05) is 173 Å². The number of aromatic nitrogens is 2. The first-order valence-corrected chi connectivity index (χ1v) is 48.5. The largest absolute Gasteiger partial charge is 0.310 e. The van der Waals surface area contributed by atoms with Gasteiger partial charge in [0.25, 0.3) is 6.71 Å². The minimum Gasteiger partial charge on any atom is -0.310 e. The van der Waals surface area contributed by atoms with Gasteiger partial charge in [-0.15, -0.1) is 0 Å². The molecule has 4 nitrogen and oxygen atoms in total. The fourth-order valence-corrected chi connectivity index (χ4v) is 20.1. The Kier molecular flexibility index (Phi) is 19.7. The third-order valence-electron chi connectivity index (χ3n) is 25.9. The Labute approximate surface area is 817 Å². The molecule has 0 saturated carbocycles. The molecule has 17 rings (SSSR count). The summed E-state index contributed by atoms with van der Waals surface area (Å²) in [6.07, 6.45) is -11.1. The summed E-state index contributed by atoms with van der Waals surface area (Å²) in [6, 6.07) is 86.8. The Morgan fingerprint density at radius 3 is 0.699 bits per heavy atom. The Morgan fingerprint density at radius 1 is 0.226 bits per heavy atom. The second-order valence-corrected chi connectivity index (χ2v) is 49.8. The van der Waals surface area contributed by atoms with Gasteiger partial charge in [-0.2, -0.15) is 0 Å². The Balaban J connectivity index is 1.13. The molecule has 2 aliphatic heterocycles. The van der Waals surface area contributed by atoms with Crippen molar-refractivity contribution < 1.29 is 16.4 Å². The van der Waals surface area contributed by atoms with Crippen molar-refractivity contribution in [2.75, 3.05) is 9.80 Å². The van der Waals surface area contributed by atoms with Crippen molar-refractivity contribution in [3.63, 3.8) is 0 Å². The van der Waals surface area contributed by atoms with Crippen LogP contribution in [0.4, 0.5) is 34.1 Å². The topological polar surface area (TPSA) is 16.3 Å². The average Bonchev–Trinajstić information content (AvgIpc) is 1.02. The van der Waals surface area contributed by atoms with Crippen molar-refractivity contribution >= 4 is 101 Å². The van der Waals surface area contributed by atoms with E-state index in [9.17, 15) is 16.4 Å². The molecule has 133 heavy (non-hydrogen) atoms. The lowest BCUT2D eigenvalue weighted by atomic mass is 9.33. The molecule has 5 heteroatoms. The standard InChI is InChI=1S/C128H151BN4/c1-118(2,3)74-80-46-54-107-101(58-80)102-59-81(75-119(4,5)6)47-55-108(102)130(107)95-50-52-105-111(72-95)132(116-97(86-38-34-42-90(66-86)124(19,20)21)62-84(78-122(13,14)15)63-98(116)87-39-35-43-91(67-87)125(22,23)24)113-70-94(128(31,32)33)71-114-115(113)129(105)106-53-51-96(131-109-56-48-82(76-120(7,8)9)60-103(109)104-61-83(49-57-110(104)131)77-121(10,11)12)73-112(106)133(114)117-99(88-40-36-44-92(68-88)126(25,26)27)64-85(79-123(16,17)18)65-100(117)89-41-37-45-93(69-89)127(28,29)30/h34-73H,74-79H2,1-33H3/i74D2,75D2,76D2,77D2,78D2,79D2. The molecular formula is C128H151BN4. The first kappa shape index (κ1) is 79.5. The predicted octanol–water partition coefficient (Wildman–Crippen LogP) is 34.7. The van der Waals surface area contributed by atoms with E-state index < -0.39 is 82.9 Å². The van der Waals surface area contributed by atoms with Crippen LogP contribution in [0.5, 0.6) is 0 Å². The maximum absolute atomic E-state index is 10.7. The molecule has 13 aromatic carbocycles. The summed E-state index contributed by atoms with van der Waals surface area (Å²) in [7, 11) is 0. The summed E-state index contributed by atoms with van der Waals surface area (Å²) in [5.41, 5.74) is 20.6. The normalized spacial score (nSPS) is 15.9. The molecule has 0 fully saturated rings.